The second-order valence-electron chi connectivity index (χ2n) is 4.24. The van der Waals surface area contributed by atoms with Gasteiger partial charge in [-0.05, 0) is 19.4 Å². The van der Waals surface area contributed by atoms with Crippen molar-refractivity contribution in [2.24, 2.45) is 0 Å². The molecule has 1 heterocycles. The van der Waals surface area contributed by atoms with E-state index in [1.807, 2.05) is 6.92 Å². The molecule has 0 saturated carbocycles. The van der Waals surface area contributed by atoms with Crippen LogP contribution in [0, 0.1) is 0 Å². The number of sulfonamides is 1. The van der Waals surface area contributed by atoms with E-state index >= 15 is 0 Å². The van der Waals surface area contributed by atoms with Crippen LogP contribution < -0.4 is 10.0 Å². The second kappa shape index (κ2) is 6.12. The molecule has 1 fully saturated rings. The van der Waals surface area contributed by atoms with Crippen LogP contribution in [0.15, 0.2) is 0 Å². The molecule has 8 heteroatoms. The Morgan fingerprint density at radius 1 is 1.35 bits per heavy atom. The van der Waals surface area contributed by atoms with E-state index in [1.165, 1.54) is 0 Å². The Kier molecular flexibility index (Phi) is 5.36. The minimum absolute atomic E-state index is 0.0165. The number of hydrogen-bond donors (Lipinski definition) is 2. The molecular weight excluding hydrogens is 264 g/mol. The van der Waals surface area contributed by atoms with Crippen LogP contribution in [0.5, 0.6) is 0 Å². The third-order valence-electron chi connectivity index (χ3n) is 2.61. The van der Waals surface area contributed by atoms with E-state index in [9.17, 15) is 16.8 Å². The summed E-state index contributed by atoms with van der Waals surface area (Å²) in [7, 11) is -6.45. The minimum atomic E-state index is -3.38. The smallest absolute Gasteiger partial charge is 0.213 e. The lowest BCUT2D eigenvalue weighted by Gasteiger charge is -2.22. The molecule has 1 atom stereocenters. The van der Waals surface area contributed by atoms with Crippen LogP contribution in [-0.4, -0.2) is 53.2 Å². The predicted octanol–water partition coefficient (Wildman–Crippen LogP) is -0.907. The standard InChI is InChI=1S/C9H20N2O4S2/c1-2-10-5-7-17(14,15)11-9-4-3-6-16(12,13)8-9/h9-11H,2-8H2,1H3. The largest absolute Gasteiger partial charge is 0.316 e. The van der Waals surface area contributed by atoms with E-state index < -0.39 is 25.9 Å². The Labute approximate surface area is 103 Å². The van der Waals surface area contributed by atoms with Crippen molar-refractivity contribution in [3.05, 3.63) is 0 Å². The van der Waals surface area contributed by atoms with E-state index in [4.69, 9.17) is 0 Å². The Morgan fingerprint density at radius 2 is 2.06 bits per heavy atom. The van der Waals surface area contributed by atoms with Crippen molar-refractivity contribution in [1.82, 2.24) is 10.0 Å². The van der Waals surface area contributed by atoms with Gasteiger partial charge in [0.1, 0.15) is 0 Å². The summed E-state index contributed by atoms with van der Waals surface area (Å²) in [6, 6.07) is -0.458. The van der Waals surface area contributed by atoms with Crippen molar-refractivity contribution < 1.29 is 16.8 Å². The molecule has 0 aliphatic carbocycles. The van der Waals surface area contributed by atoms with Crippen LogP contribution in [0.4, 0.5) is 0 Å². The Morgan fingerprint density at radius 3 is 2.65 bits per heavy atom. The SMILES string of the molecule is CCNCCS(=O)(=O)NC1CCCS(=O)(=O)C1. The molecule has 17 heavy (non-hydrogen) atoms. The van der Waals surface area contributed by atoms with E-state index in [-0.39, 0.29) is 17.3 Å². The van der Waals surface area contributed by atoms with Gasteiger partial charge in [-0.15, -0.1) is 0 Å². The van der Waals surface area contributed by atoms with Crippen molar-refractivity contribution in [2.75, 3.05) is 30.3 Å². The van der Waals surface area contributed by atoms with Gasteiger partial charge in [-0.1, -0.05) is 6.92 Å². The van der Waals surface area contributed by atoms with Gasteiger partial charge < -0.3 is 5.32 Å². The summed E-state index contributed by atoms with van der Waals surface area (Å²) in [4.78, 5) is 0. The number of hydrogen-bond acceptors (Lipinski definition) is 5. The fourth-order valence-corrected chi connectivity index (χ4v) is 4.79. The van der Waals surface area contributed by atoms with Crippen molar-refractivity contribution in [3.8, 4) is 0 Å². The van der Waals surface area contributed by atoms with Crippen molar-refractivity contribution >= 4 is 19.9 Å². The van der Waals surface area contributed by atoms with Crippen LogP contribution in [0.2, 0.25) is 0 Å². The van der Waals surface area contributed by atoms with Gasteiger partial charge in [0.25, 0.3) is 0 Å². The Hall–Kier alpha value is -0.180. The highest BCUT2D eigenvalue weighted by Gasteiger charge is 2.27. The normalized spacial score (nSPS) is 24.6. The molecule has 1 rings (SSSR count). The van der Waals surface area contributed by atoms with Gasteiger partial charge >= 0.3 is 0 Å². The maximum Gasteiger partial charge on any atom is 0.213 e. The molecule has 0 aromatic rings. The molecule has 1 unspecified atom stereocenters. The highest BCUT2D eigenvalue weighted by Crippen LogP contribution is 2.12. The van der Waals surface area contributed by atoms with Gasteiger partial charge in [0.2, 0.25) is 10.0 Å². The first kappa shape index (κ1) is 14.9. The highest BCUT2D eigenvalue weighted by molar-refractivity contribution is 7.91. The summed E-state index contributed by atoms with van der Waals surface area (Å²) in [5, 5.41) is 2.92. The maximum atomic E-state index is 11.6. The molecule has 2 N–H and O–H groups in total. The average molecular weight is 284 g/mol. The van der Waals surface area contributed by atoms with E-state index in [2.05, 4.69) is 10.0 Å². The van der Waals surface area contributed by atoms with Crippen molar-refractivity contribution in [1.29, 1.82) is 0 Å². The van der Waals surface area contributed by atoms with E-state index in [0.717, 1.165) is 0 Å². The number of sulfone groups is 1. The molecular formula is C9H20N2O4S2. The van der Waals surface area contributed by atoms with Crippen LogP contribution in [0.25, 0.3) is 0 Å². The minimum Gasteiger partial charge on any atom is -0.316 e. The Bertz CT molecular complexity index is 430. The molecule has 1 saturated heterocycles. The average Bonchev–Trinajstić information content (AvgIpc) is 2.15. The Balaban J connectivity index is 2.47. The van der Waals surface area contributed by atoms with Crippen LogP contribution in [-0.2, 0) is 19.9 Å². The van der Waals surface area contributed by atoms with Gasteiger partial charge in [0, 0.05) is 12.6 Å². The first-order valence-corrected chi connectivity index (χ1v) is 9.23. The summed E-state index contributed by atoms with van der Waals surface area (Å²) in [5.74, 6) is 0.0768. The lowest BCUT2D eigenvalue weighted by atomic mass is 10.2. The topological polar surface area (TPSA) is 92.3 Å². The number of rotatable bonds is 6. The van der Waals surface area contributed by atoms with Crippen LogP contribution >= 0.6 is 0 Å². The third-order valence-corrected chi connectivity index (χ3v) is 5.86. The highest BCUT2D eigenvalue weighted by atomic mass is 32.2. The predicted molar refractivity (Wildman–Crippen MR) is 67.1 cm³/mol. The van der Waals surface area contributed by atoms with Crippen LogP contribution in [0.1, 0.15) is 19.8 Å². The zero-order chi connectivity index (χ0) is 12.9. The molecule has 0 aromatic heterocycles. The molecule has 1 aliphatic rings. The monoisotopic (exact) mass is 284 g/mol. The van der Waals surface area contributed by atoms with Crippen molar-refractivity contribution in [3.63, 3.8) is 0 Å². The molecule has 0 aromatic carbocycles. The fourth-order valence-electron chi connectivity index (χ4n) is 1.81. The summed E-state index contributed by atoms with van der Waals surface area (Å²) >= 11 is 0. The summed E-state index contributed by atoms with van der Waals surface area (Å²) in [6.45, 7) is 2.99. The molecule has 102 valence electrons. The van der Waals surface area contributed by atoms with Gasteiger partial charge in [0.15, 0.2) is 9.84 Å². The first-order valence-electron chi connectivity index (χ1n) is 5.76. The summed E-state index contributed by atoms with van der Waals surface area (Å²) in [5.41, 5.74) is 0. The van der Waals surface area contributed by atoms with E-state index in [0.29, 0.717) is 25.9 Å². The number of nitrogens with one attached hydrogen (secondary N) is 2. The summed E-state index contributed by atoms with van der Waals surface area (Å²) < 4.78 is 48.5. The third kappa shape index (κ3) is 5.80. The molecule has 1 aliphatic heterocycles. The zero-order valence-electron chi connectivity index (χ0n) is 9.98. The molecule has 0 radical (unpaired) electrons. The van der Waals surface area contributed by atoms with Gasteiger partial charge in [-0.25, -0.2) is 21.6 Å². The second-order valence-corrected chi connectivity index (χ2v) is 8.35. The van der Waals surface area contributed by atoms with E-state index in [1.54, 1.807) is 0 Å². The van der Waals surface area contributed by atoms with Gasteiger partial charge in [-0.3, -0.25) is 0 Å². The maximum absolute atomic E-state index is 11.6. The molecule has 0 amide bonds. The van der Waals surface area contributed by atoms with Gasteiger partial charge in [0.05, 0.1) is 17.3 Å². The van der Waals surface area contributed by atoms with Crippen LogP contribution in [0.3, 0.4) is 0 Å². The first-order chi connectivity index (χ1) is 7.85. The quantitative estimate of drug-likeness (QED) is 0.616. The lowest BCUT2D eigenvalue weighted by molar-refractivity contribution is 0.516. The van der Waals surface area contributed by atoms with Crippen molar-refractivity contribution in [2.45, 2.75) is 25.8 Å². The summed E-state index contributed by atoms with van der Waals surface area (Å²) in [6.07, 6.45) is 1.13. The fraction of sp³-hybridized carbons (Fsp3) is 1.00. The molecule has 0 bridgehead atoms. The zero-order valence-corrected chi connectivity index (χ0v) is 11.6. The molecule has 6 nitrogen and oxygen atoms in total. The lowest BCUT2D eigenvalue weighted by Crippen LogP contribution is -2.45. The van der Waals surface area contributed by atoms with Gasteiger partial charge in [-0.2, -0.15) is 0 Å². The molecule has 0 spiro atoms.